The zero-order valence-corrected chi connectivity index (χ0v) is 17.6. The summed E-state index contributed by atoms with van der Waals surface area (Å²) in [4.78, 5) is 12.1. The highest BCUT2D eigenvalue weighted by Crippen LogP contribution is 2.28. The van der Waals surface area contributed by atoms with Gasteiger partial charge in [0, 0.05) is 23.6 Å². The number of esters is 1. The molecule has 0 bridgehead atoms. The topological polar surface area (TPSA) is 53.3 Å². The first-order valence-electron chi connectivity index (χ1n) is 9.31. The molecule has 0 radical (unpaired) electrons. The van der Waals surface area contributed by atoms with E-state index in [9.17, 15) is 18.0 Å². The van der Waals surface area contributed by atoms with Crippen molar-refractivity contribution in [1.82, 2.24) is 9.78 Å². The number of hydrogen-bond acceptors (Lipinski definition) is 4. The average molecular weight is 412 g/mol. The molecule has 5 nitrogen and oxygen atoms in total. The predicted molar refractivity (Wildman–Crippen MR) is 103 cm³/mol. The lowest BCUT2D eigenvalue weighted by Gasteiger charge is -2.19. The van der Waals surface area contributed by atoms with Crippen LogP contribution in [0.2, 0.25) is 0 Å². The zero-order valence-electron chi connectivity index (χ0n) is 17.6. The van der Waals surface area contributed by atoms with Crippen molar-refractivity contribution in [2.45, 2.75) is 71.8 Å². The van der Waals surface area contributed by atoms with Crippen molar-refractivity contribution in [1.29, 1.82) is 0 Å². The lowest BCUT2D eigenvalue weighted by atomic mass is 9.92. The van der Waals surface area contributed by atoms with Crippen molar-refractivity contribution in [3.63, 3.8) is 0 Å². The average Bonchev–Trinajstić information content (AvgIpc) is 2.94. The Kier molecular flexibility index (Phi) is 6.35. The molecule has 160 valence electrons. The number of halogens is 3. The number of carbonyl (C=O) groups is 1. The summed E-state index contributed by atoms with van der Waals surface area (Å²) in [7, 11) is 0. The Morgan fingerprint density at radius 2 is 1.72 bits per heavy atom. The number of rotatable bonds is 5. The molecule has 0 aliphatic carbocycles. The molecule has 0 saturated heterocycles. The van der Waals surface area contributed by atoms with Crippen LogP contribution < -0.4 is 4.74 Å². The van der Waals surface area contributed by atoms with Crippen LogP contribution in [-0.2, 0) is 21.4 Å². The number of nitrogens with zero attached hydrogens (tertiary/aromatic N) is 2. The lowest BCUT2D eigenvalue weighted by molar-refractivity contribution is -0.274. The first-order chi connectivity index (χ1) is 13.1. The number of aromatic nitrogens is 2. The number of ether oxygens (including phenoxy) is 2. The van der Waals surface area contributed by atoms with Gasteiger partial charge in [0.2, 0.25) is 0 Å². The molecule has 0 atom stereocenters. The van der Waals surface area contributed by atoms with Crippen LogP contribution in [0.15, 0.2) is 30.3 Å². The minimum absolute atomic E-state index is 0.130. The van der Waals surface area contributed by atoms with Gasteiger partial charge in [0.05, 0.1) is 17.8 Å². The Hall–Kier alpha value is -2.51. The molecule has 0 aliphatic rings. The van der Waals surface area contributed by atoms with Gasteiger partial charge in [0.15, 0.2) is 0 Å². The third-order valence-electron chi connectivity index (χ3n) is 3.85. The summed E-state index contributed by atoms with van der Waals surface area (Å²) in [6.07, 6.45) is -4.31. The van der Waals surface area contributed by atoms with Crippen molar-refractivity contribution in [3.8, 4) is 11.4 Å². The van der Waals surface area contributed by atoms with Crippen LogP contribution in [-0.4, -0.2) is 27.7 Å². The molecule has 1 heterocycles. The second kappa shape index (κ2) is 8.08. The van der Waals surface area contributed by atoms with Crippen LogP contribution in [0.1, 0.15) is 59.4 Å². The molecular weight excluding hydrogens is 385 g/mol. The zero-order chi connectivity index (χ0) is 22.0. The summed E-state index contributed by atoms with van der Waals surface area (Å²) in [5.74, 6) is -0.683. The summed E-state index contributed by atoms with van der Waals surface area (Å²) in [5.41, 5.74) is 1.02. The summed E-state index contributed by atoms with van der Waals surface area (Å²) in [6, 6.07) is 7.46. The Balaban J connectivity index is 2.34. The van der Waals surface area contributed by atoms with Gasteiger partial charge in [-0.2, -0.15) is 5.10 Å². The number of hydrogen-bond donors (Lipinski definition) is 0. The van der Waals surface area contributed by atoms with Gasteiger partial charge >= 0.3 is 12.3 Å². The van der Waals surface area contributed by atoms with Gasteiger partial charge in [0.1, 0.15) is 11.4 Å². The molecule has 0 fully saturated rings. The third kappa shape index (κ3) is 7.11. The Labute approximate surface area is 168 Å². The van der Waals surface area contributed by atoms with Crippen molar-refractivity contribution < 1.29 is 27.4 Å². The number of aryl methyl sites for hydroxylation is 1. The van der Waals surface area contributed by atoms with Gasteiger partial charge in [-0.05, 0) is 39.0 Å². The highest BCUT2D eigenvalue weighted by molar-refractivity contribution is 5.70. The smallest absolute Gasteiger partial charge is 0.460 e. The standard InChI is InChI=1S/C21H27F3N2O3/c1-19(2,3)17-13-15(10-11-18(27)29-20(4,5)6)26(25-17)14-8-7-9-16(12-14)28-21(22,23)24/h7-9,12-13H,10-11H2,1-6H3. The second-order valence-corrected chi connectivity index (χ2v) is 8.81. The first-order valence-corrected chi connectivity index (χ1v) is 9.31. The predicted octanol–water partition coefficient (Wildman–Crippen LogP) is 5.34. The maximum atomic E-state index is 12.6. The van der Waals surface area contributed by atoms with E-state index in [1.165, 1.54) is 18.2 Å². The normalized spacial score (nSPS) is 12.7. The number of carbonyl (C=O) groups excluding carboxylic acids is 1. The number of alkyl halides is 3. The van der Waals surface area contributed by atoms with Crippen molar-refractivity contribution in [2.24, 2.45) is 0 Å². The summed E-state index contributed by atoms with van der Waals surface area (Å²) >= 11 is 0. The molecule has 2 aromatic rings. The molecule has 0 saturated carbocycles. The van der Waals surface area contributed by atoms with E-state index in [4.69, 9.17) is 4.74 Å². The van der Waals surface area contributed by atoms with E-state index in [-0.39, 0.29) is 23.6 Å². The Morgan fingerprint density at radius 3 is 2.28 bits per heavy atom. The molecule has 2 rings (SSSR count). The minimum atomic E-state index is -4.78. The molecule has 1 aromatic heterocycles. The summed E-state index contributed by atoms with van der Waals surface area (Å²) in [6.45, 7) is 11.3. The largest absolute Gasteiger partial charge is 0.573 e. The van der Waals surface area contributed by atoms with Crippen molar-refractivity contribution in [3.05, 3.63) is 41.7 Å². The molecule has 29 heavy (non-hydrogen) atoms. The molecule has 0 spiro atoms. The van der Waals surface area contributed by atoms with Gasteiger partial charge in [-0.1, -0.05) is 26.8 Å². The van der Waals surface area contributed by atoms with E-state index in [2.05, 4.69) is 9.84 Å². The van der Waals surface area contributed by atoms with Crippen molar-refractivity contribution in [2.75, 3.05) is 0 Å². The fourth-order valence-electron chi connectivity index (χ4n) is 2.62. The van der Waals surface area contributed by atoms with E-state index in [0.717, 1.165) is 5.69 Å². The third-order valence-corrected chi connectivity index (χ3v) is 3.85. The van der Waals surface area contributed by atoms with Crippen LogP contribution in [0.5, 0.6) is 5.75 Å². The molecule has 8 heteroatoms. The SMILES string of the molecule is CC(C)(C)OC(=O)CCc1cc(C(C)(C)C)nn1-c1cccc(OC(F)(F)F)c1. The van der Waals surface area contributed by atoms with E-state index in [1.807, 2.05) is 26.8 Å². The van der Waals surface area contributed by atoms with Gasteiger partial charge in [0.25, 0.3) is 0 Å². The summed E-state index contributed by atoms with van der Waals surface area (Å²) in [5, 5.41) is 4.57. The first kappa shape index (κ1) is 22.8. The van der Waals surface area contributed by atoms with E-state index >= 15 is 0 Å². The molecule has 1 aromatic carbocycles. The summed E-state index contributed by atoms with van der Waals surface area (Å²) < 4.78 is 48.6. The molecule has 0 N–H and O–H groups in total. The van der Waals surface area contributed by atoms with Gasteiger partial charge in [-0.3, -0.25) is 4.79 Å². The van der Waals surface area contributed by atoms with E-state index < -0.39 is 12.0 Å². The fraction of sp³-hybridized carbons (Fsp3) is 0.524. The highest BCUT2D eigenvalue weighted by Gasteiger charge is 2.31. The molecule has 0 aliphatic heterocycles. The van der Waals surface area contributed by atoms with Gasteiger partial charge in [-0.25, -0.2) is 4.68 Å². The van der Waals surface area contributed by atoms with Crippen LogP contribution in [0.4, 0.5) is 13.2 Å². The van der Waals surface area contributed by atoms with Crippen LogP contribution in [0, 0.1) is 0 Å². The highest BCUT2D eigenvalue weighted by atomic mass is 19.4. The fourth-order valence-corrected chi connectivity index (χ4v) is 2.62. The maximum Gasteiger partial charge on any atom is 0.573 e. The molecular formula is C21H27F3N2O3. The van der Waals surface area contributed by atoms with Crippen LogP contribution in [0.25, 0.3) is 5.69 Å². The van der Waals surface area contributed by atoms with Crippen LogP contribution in [0.3, 0.4) is 0 Å². The van der Waals surface area contributed by atoms with Gasteiger partial charge < -0.3 is 9.47 Å². The monoisotopic (exact) mass is 412 g/mol. The van der Waals surface area contributed by atoms with Crippen LogP contribution >= 0.6 is 0 Å². The number of benzene rings is 1. The molecule has 0 unspecified atom stereocenters. The Bertz CT molecular complexity index is 859. The second-order valence-electron chi connectivity index (χ2n) is 8.81. The lowest BCUT2D eigenvalue weighted by Crippen LogP contribution is -2.24. The quantitative estimate of drug-likeness (QED) is 0.622. The molecule has 0 amide bonds. The maximum absolute atomic E-state index is 12.6. The van der Waals surface area contributed by atoms with Crippen molar-refractivity contribution >= 4 is 5.97 Å². The Morgan fingerprint density at radius 1 is 1.07 bits per heavy atom. The minimum Gasteiger partial charge on any atom is -0.460 e. The van der Waals surface area contributed by atoms with E-state index in [0.29, 0.717) is 17.8 Å². The van der Waals surface area contributed by atoms with E-state index in [1.54, 1.807) is 31.5 Å². The van der Waals surface area contributed by atoms with Gasteiger partial charge in [-0.15, -0.1) is 13.2 Å².